The Kier molecular flexibility index (Phi) is 9.69. The molecule has 8 rings (SSSR count). The van der Waals surface area contributed by atoms with E-state index >= 15 is 0 Å². The third-order valence-corrected chi connectivity index (χ3v) is 11.8. The van der Waals surface area contributed by atoms with Crippen molar-refractivity contribution in [3.05, 3.63) is 76.7 Å². The van der Waals surface area contributed by atoms with Crippen molar-refractivity contribution in [3.8, 4) is 16.9 Å². The van der Waals surface area contributed by atoms with Crippen molar-refractivity contribution in [1.82, 2.24) is 29.4 Å². The maximum Gasteiger partial charge on any atom is 0.335 e. The average molecular weight is 728 g/mol. The molecule has 1 saturated heterocycles. The molecule has 0 spiro atoms. The number of alkyl halides is 2. The van der Waals surface area contributed by atoms with Crippen LogP contribution in [0.5, 0.6) is 5.75 Å². The number of ether oxygens (including phenoxy) is 1. The Bertz CT molecular complexity index is 1980. The molecule has 13 heteroatoms. The number of carboxylic acid groups (broad SMARTS) is 1. The number of piperidine rings is 1. The molecule has 5 heterocycles. The van der Waals surface area contributed by atoms with Gasteiger partial charge in [-0.15, -0.1) is 0 Å². The van der Waals surface area contributed by atoms with Gasteiger partial charge >= 0.3 is 5.97 Å². The molecule has 0 bridgehead atoms. The molecule has 2 aromatic carbocycles. The normalized spacial score (nSPS) is 21.1. The number of carbonyl (C=O) groups excluding carboxylic acids is 1. The second-order valence-electron chi connectivity index (χ2n) is 15.1. The predicted octanol–water partition coefficient (Wildman–Crippen LogP) is 6.94. The molecule has 1 saturated carbocycles. The van der Waals surface area contributed by atoms with Crippen molar-refractivity contribution in [1.29, 1.82) is 0 Å². The molecule has 0 atom stereocenters. The van der Waals surface area contributed by atoms with Gasteiger partial charge in [0.05, 0.1) is 30.5 Å². The fourth-order valence-electron chi connectivity index (χ4n) is 8.97. The molecule has 53 heavy (non-hydrogen) atoms. The van der Waals surface area contributed by atoms with E-state index in [0.29, 0.717) is 49.0 Å². The number of carboxylic acids is 1. The third-order valence-electron chi connectivity index (χ3n) is 11.8. The van der Waals surface area contributed by atoms with Crippen molar-refractivity contribution in [2.45, 2.75) is 95.9 Å². The van der Waals surface area contributed by atoms with Gasteiger partial charge in [0.1, 0.15) is 5.75 Å². The van der Waals surface area contributed by atoms with Crippen LogP contribution in [0, 0.1) is 0 Å². The van der Waals surface area contributed by atoms with Gasteiger partial charge in [-0.2, -0.15) is 10.2 Å². The SMILES string of the molecule is CC(=O)N1CCc2c(c(N3CCCc4cc(-c5cnn(C)c5)c(C(F)F)cc43)nn2C2CCN(C3CCC(Oc4ccc(C(=O)O)cc4)CC3)CC2)C1. The van der Waals surface area contributed by atoms with Crippen LogP contribution in [0.3, 0.4) is 0 Å². The summed E-state index contributed by atoms with van der Waals surface area (Å²) in [5.74, 6) is 0.589. The standard InChI is InChI=1S/C40H47F2N7O4/c1-25(50)47-19-15-36-35(24-47)39(48-16-3-4-27-20-33(28-22-43-45(2)23-28)34(38(41)42)21-37(27)48)44-49(36)30-13-17-46(18-14-30)29-7-11-32(12-8-29)53-31-9-5-26(6-10-31)40(51)52/h5-6,9-10,20-23,29-30,32,38H,3-4,7-8,11-19,24H2,1-2H3,(H,51,52). The van der Waals surface area contributed by atoms with E-state index in [9.17, 15) is 23.5 Å². The monoisotopic (exact) mass is 727 g/mol. The minimum absolute atomic E-state index is 0.00956. The lowest BCUT2D eigenvalue weighted by Crippen LogP contribution is -2.45. The van der Waals surface area contributed by atoms with Crippen LogP contribution >= 0.6 is 0 Å². The van der Waals surface area contributed by atoms with Crippen molar-refractivity contribution >= 4 is 23.4 Å². The Balaban J connectivity index is 0.996. The predicted molar refractivity (Wildman–Crippen MR) is 196 cm³/mol. The lowest BCUT2D eigenvalue weighted by molar-refractivity contribution is -0.129. The van der Waals surface area contributed by atoms with Gasteiger partial charge in [-0.1, -0.05) is 0 Å². The Morgan fingerprint density at radius 2 is 1.70 bits per heavy atom. The van der Waals surface area contributed by atoms with Gasteiger partial charge in [-0.25, -0.2) is 13.6 Å². The molecule has 1 N–H and O–H groups in total. The molecule has 0 radical (unpaired) electrons. The number of anilines is 2. The first-order valence-electron chi connectivity index (χ1n) is 18.9. The first kappa shape index (κ1) is 35.3. The fraction of sp³-hybridized carbons (Fsp3) is 0.500. The second kappa shape index (κ2) is 14.6. The first-order chi connectivity index (χ1) is 25.6. The van der Waals surface area contributed by atoms with Gasteiger partial charge in [-0.05, 0) is 98.9 Å². The number of amides is 1. The van der Waals surface area contributed by atoms with E-state index < -0.39 is 12.4 Å². The second-order valence-corrected chi connectivity index (χ2v) is 15.1. The minimum atomic E-state index is -2.65. The molecule has 3 aliphatic heterocycles. The number of hydrogen-bond donors (Lipinski definition) is 1. The van der Waals surface area contributed by atoms with Crippen LogP contribution in [-0.2, 0) is 31.2 Å². The molecular weight excluding hydrogens is 680 g/mol. The Morgan fingerprint density at radius 3 is 2.36 bits per heavy atom. The summed E-state index contributed by atoms with van der Waals surface area (Å²) >= 11 is 0. The largest absolute Gasteiger partial charge is 0.490 e. The molecule has 4 aliphatic rings. The smallest absolute Gasteiger partial charge is 0.335 e. The number of aromatic nitrogens is 4. The highest BCUT2D eigenvalue weighted by Gasteiger charge is 2.36. The number of fused-ring (bicyclic) bond motifs is 2. The van der Waals surface area contributed by atoms with Crippen molar-refractivity contribution in [2.24, 2.45) is 7.05 Å². The fourth-order valence-corrected chi connectivity index (χ4v) is 8.97. The highest BCUT2D eigenvalue weighted by molar-refractivity contribution is 5.87. The van der Waals surface area contributed by atoms with Crippen LogP contribution in [0.15, 0.2) is 48.8 Å². The van der Waals surface area contributed by atoms with Crippen LogP contribution in [0.2, 0.25) is 0 Å². The van der Waals surface area contributed by atoms with Crippen molar-refractivity contribution in [2.75, 3.05) is 31.1 Å². The van der Waals surface area contributed by atoms with Gasteiger partial charge in [0.25, 0.3) is 6.43 Å². The Labute approximate surface area is 308 Å². The number of aromatic carboxylic acids is 1. The number of likely N-dealkylation sites (tertiary alicyclic amines) is 1. The number of carbonyl (C=O) groups is 2. The molecule has 0 unspecified atom stereocenters. The molecular formula is C40H47F2N7O4. The number of hydrogen-bond acceptors (Lipinski definition) is 7. The van der Waals surface area contributed by atoms with Crippen LogP contribution < -0.4 is 9.64 Å². The quantitative estimate of drug-likeness (QED) is 0.208. The van der Waals surface area contributed by atoms with E-state index in [1.807, 2.05) is 11.0 Å². The van der Waals surface area contributed by atoms with Crippen LogP contribution in [0.1, 0.15) is 97.1 Å². The molecule has 2 aromatic heterocycles. The van der Waals surface area contributed by atoms with Gasteiger partial charge in [0.15, 0.2) is 5.82 Å². The third kappa shape index (κ3) is 7.03. The zero-order valence-corrected chi connectivity index (χ0v) is 30.4. The summed E-state index contributed by atoms with van der Waals surface area (Å²) in [6.45, 7) is 5.33. The number of benzene rings is 2. The first-order valence-corrected chi connectivity index (χ1v) is 18.9. The average Bonchev–Trinajstić information content (AvgIpc) is 3.78. The van der Waals surface area contributed by atoms with Gasteiger partial charge < -0.3 is 24.5 Å². The summed E-state index contributed by atoms with van der Waals surface area (Å²) in [5, 5.41) is 18.7. The molecule has 11 nitrogen and oxygen atoms in total. The zero-order valence-electron chi connectivity index (χ0n) is 30.4. The summed E-state index contributed by atoms with van der Waals surface area (Å²) < 4.78 is 39.4. The van der Waals surface area contributed by atoms with Crippen molar-refractivity contribution in [3.63, 3.8) is 0 Å². The van der Waals surface area contributed by atoms with Gasteiger partial charge in [0.2, 0.25) is 5.91 Å². The van der Waals surface area contributed by atoms with Crippen molar-refractivity contribution < 1.29 is 28.2 Å². The molecule has 1 aliphatic carbocycles. The number of halogens is 2. The van der Waals surface area contributed by atoms with Crippen LogP contribution in [0.25, 0.3) is 11.1 Å². The molecule has 1 amide bonds. The molecule has 280 valence electrons. The lowest BCUT2D eigenvalue weighted by atomic mass is 9.90. The lowest BCUT2D eigenvalue weighted by Gasteiger charge is -2.41. The van der Waals surface area contributed by atoms with Gasteiger partial charge in [0, 0.05) is 86.9 Å². The summed E-state index contributed by atoms with van der Waals surface area (Å²) in [4.78, 5) is 30.4. The summed E-state index contributed by atoms with van der Waals surface area (Å²) in [7, 11) is 1.79. The number of aryl methyl sites for hydroxylation is 2. The summed E-state index contributed by atoms with van der Waals surface area (Å²) in [6.07, 6.45) is 9.24. The highest BCUT2D eigenvalue weighted by atomic mass is 19.3. The number of rotatable bonds is 8. The Hall–Kier alpha value is -4.78. The maximum atomic E-state index is 14.7. The maximum absolute atomic E-state index is 14.7. The number of nitrogens with zero attached hydrogens (tertiary/aromatic N) is 7. The van der Waals surface area contributed by atoms with E-state index in [1.54, 1.807) is 61.4 Å². The van der Waals surface area contributed by atoms with E-state index in [2.05, 4.69) is 19.6 Å². The van der Waals surface area contributed by atoms with E-state index in [-0.39, 0.29) is 29.2 Å². The zero-order chi connectivity index (χ0) is 36.8. The van der Waals surface area contributed by atoms with E-state index in [4.69, 9.17) is 9.84 Å². The topological polar surface area (TPSA) is 109 Å². The summed E-state index contributed by atoms with van der Waals surface area (Å²) in [5.41, 5.74) is 5.44. The van der Waals surface area contributed by atoms with E-state index in [1.165, 1.54) is 0 Å². The summed E-state index contributed by atoms with van der Waals surface area (Å²) in [6, 6.07) is 10.9. The van der Waals surface area contributed by atoms with E-state index in [0.717, 1.165) is 92.8 Å². The van der Waals surface area contributed by atoms with Crippen LogP contribution in [0.4, 0.5) is 20.3 Å². The van der Waals surface area contributed by atoms with Gasteiger partial charge in [-0.3, -0.25) is 14.2 Å². The Morgan fingerprint density at radius 1 is 0.943 bits per heavy atom. The highest BCUT2D eigenvalue weighted by Crippen LogP contribution is 2.44. The minimum Gasteiger partial charge on any atom is -0.490 e. The molecule has 4 aromatic rings. The molecule has 2 fully saturated rings. The van der Waals surface area contributed by atoms with Crippen LogP contribution in [-0.4, -0.2) is 84.7 Å².